The Hall–Kier alpha value is -3.32. The quantitative estimate of drug-likeness (QED) is 0.442. The second-order valence-corrected chi connectivity index (χ2v) is 10.5. The summed E-state index contributed by atoms with van der Waals surface area (Å²) in [6, 6.07) is 15.8. The number of amides is 1. The second kappa shape index (κ2) is 10.7. The van der Waals surface area contributed by atoms with E-state index in [1.807, 2.05) is 82.3 Å². The van der Waals surface area contributed by atoms with Gasteiger partial charge in [-0.2, -0.15) is 0 Å². The third-order valence-corrected chi connectivity index (χ3v) is 7.20. The summed E-state index contributed by atoms with van der Waals surface area (Å²) in [5.74, 6) is -0.371. The fraction of sp³-hybridized carbons (Fsp3) is 0.345. The normalized spacial score (nSPS) is 17.1. The molecule has 36 heavy (non-hydrogen) atoms. The number of nitrogens with zero attached hydrogens (tertiary/aromatic N) is 3. The fourth-order valence-corrected chi connectivity index (χ4v) is 5.46. The van der Waals surface area contributed by atoms with Crippen molar-refractivity contribution in [2.24, 2.45) is 4.99 Å². The highest BCUT2D eigenvalue weighted by atomic mass is 32.2. The lowest BCUT2D eigenvalue weighted by Crippen LogP contribution is -2.38. The number of fused-ring (bicyclic) bond motifs is 1. The van der Waals surface area contributed by atoms with Crippen molar-refractivity contribution in [2.75, 3.05) is 7.05 Å². The van der Waals surface area contributed by atoms with E-state index in [-0.39, 0.29) is 24.4 Å². The van der Waals surface area contributed by atoms with Crippen LogP contribution >= 0.6 is 11.8 Å². The van der Waals surface area contributed by atoms with Crippen molar-refractivity contribution in [3.05, 3.63) is 93.2 Å². The van der Waals surface area contributed by atoms with Gasteiger partial charge in [0.25, 0.3) is 0 Å². The molecule has 0 unspecified atom stereocenters. The van der Waals surface area contributed by atoms with Crippen LogP contribution in [0, 0.1) is 13.8 Å². The number of carbonyl (C=O) groups is 2. The zero-order valence-electron chi connectivity index (χ0n) is 21.7. The van der Waals surface area contributed by atoms with Crippen LogP contribution < -0.4 is 0 Å². The van der Waals surface area contributed by atoms with Crippen LogP contribution in [0.1, 0.15) is 55.5 Å². The standard InChI is InChI=1S/C29H33N3O3S/c1-18(2)35-28(34)26-21(5)30-29-32(27(26)24-14-19(3)12-13-20(24)4)23(17-36-29)15-25(33)31(6)16-22-10-8-7-9-11-22/h7-14,17-18,27H,15-16H2,1-6H3/t27-/m1/s1. The number of hydrogen-bond donors (Lipinski definition) is 0. The van der Waals surface area contributed by atoms with E-state index in [2.05, 4.69) is 18.2 Å². The van der Waals surface area contributed by atoms with E-state index in [1.54, 1.807) is 4.90 Å². The van der Waals surface area contributed by atoms with Gasteiger partial charge in [-0.15, -0.1) is 0 Å². The van der Waals surface area contributed by atoms with Crippen LogP contribution in [0.15, 0.2) is 75.9 Å². The highest BCUT2D eigenvalue weighted by molar-refractivity contribution is 8.16. The van der Waals surface area contributed by atoms with E-state index in [0.29, 0.717) is 17.8 Å². The van der Waals surface area contributed by atoms with Crippen molar-refractivity contribution in [1.29, 1.82) is 0 Å². The van der Waals surface area contributed by atoms with Crippen LogP contribution in [-0.4, -0.2) is 40.0 Å². The van der Waals surface area contributed by atoms with Gasteiger partial charge in [0.1, 0.15) is 0 Å². The minimum absolute atomic E-state index is 0.00393. The van der Waals surface area contributed by atoms with Crippen LogP contribution in [0.3, 0.4) is 0 Å². The average molecular weight is 504 g/mol. The number of ether oxygens (including phenoxy) is 1. The zero-order valence-corrected chi connectivity index (χ0v) is 22.6. The summed E-state index contributed by atoms with van der Waals surface area (Å²) in [5, 5.41) is 2.75. The number of benzene rings is 2. The Kier molecular flexibility index (Phi) is 7.69. The van der Waals surface area contributed by atoms with E-state index in [1.165, 1.54) is 11.8 Å². The number of aliphatic imine (C=N–C) groups is 1. The first-order valence-corrected chi connectivity index (χ1v) is 13.0. The molecule has 2 aliphatic heterocycles. The van der Waals surface area contributed by atoms with Crippen molar-refractivity contribution in [1.82, 2.24) is 9.80 Å². The van der Waals surface area contributed by atoms with Crippen molar-refractivity contribution in [3.63, 3.8) is 0 Å². The first kappa shape index (κ1) is 25.8. The van der Waals surface area contributed by atoms with Gasteiger partial charge in [0.2, 0.25) is 5.91 Å². The molecule has 1 atom stereocenters. The van der Waals surface area contributed by atoms with Crippen molar-refractivity contribution in [3.8, 4) is 0 Å². The minimum atomic E-state index is -0.419. The van der Waals surface area contributed by atoms with Crippen LogP contribution in [0.5, 0.6) is 0 Å². The Labute approximate surface area is 217 Å². The van der Waals surface area contributed by atoms with Gasteiger partial charge in [-0.05, 0) is 56.7 Å². The van der Waals surface area contributed by atoms with Crippen molar-refractivity contribution in [2.45, 2.75) is 59.7 Å². The number of amidine groups is 1. The molecular weight excluding hydrogens is 470 g/mol. The third-order valence-electron chi connectivity index (χ3n) is 6.31. The molecular formula is C29H33N3O3S. The largest absolute Gasteiger partial charge is 0.459 e. The van der Waals surface area contributed by atoms with Crippen molar-refractivity contribution >= 4 is 28.8 Å². The maximum absolute atomic E-state index is 13.4. The lowest BCUT2D eigenvalue weighted by Gasteiger charge is -2.37. The molecule has 0 radical (unpaired) electrons. The van der Waals surface area contributed by atoms with Gasteiger partial charge in [-0.1, -0.05) is 65.9 Å². The summed E-state index contributed by atoms with van der Waals surface area (Å²) in [6.07, 6.45) is -0.0407. The summed E-state index contributed by atoms with van der Waals surface area (Å²) in [5.41, 5.74) is 6.25. The van der Waals surface area contributed by atoms with Gasteiger partial charge in [0.15, 0.2) is 5.17 Å². The molecule has 2 aromatic rings. The number of carbonyl (C=O) groups excluding carboxylic acids is 2. The predicted molar refractivity (Wildman–Crippen MR) is 145 cm³/mol. The van der Waals surface area contributed by atoms with Gasteiger partial charge < -0.3 is 14.5 Å². The predicted octanol–water partition coefficient (Wildman–Crippen LogP) is 5.88. The zero-order chi connectivity index (χ0) is 26.0. The average Bonchev–Trinajstić information content (AvgIpc) is 3.21. The highest BCUT2D eigenvalue weighted by Crippen LogP contribution is 2.46. The molecule has 2 aliphatic rings. The monoisotopic (exact) mass is 503 g/mol. The number of rotatable bonds is 7. The Bertz CT molecular complexity index is 1260. The van der Waals surface area contributed by atoms with Gasteiger partial charge in [-0.3, -0.25) is 4.79 Å². The van der Waals surface area contributed by atoms with E-state index < -0.39 is 6.04 Å². The molecule has 0 saturated carbocycles. The summed E-state index contributed by atoms with van der Waals surface area (Å²) in [4.78, 5) is 35.2. The third kappa shape index (κ3) is 5.41. The van der Waals surface area contributed by atoms with E-state index in [9.17, 15) is 9.59 Å². The number of esters is 1. The molecule has 0 fully saturated rings. The summed E-state index contributed by atoms with van der Waals surface area (Å²) < 4.78 is 5.66. The summed E-state index contributed by atoms with van der Waals surface area (Å²) >= 11 is 1.49. The molecule has 0 aliphatic carbocycles. The number of thioether (sulfide) groups is 1. The first-order valence-electron chi connectivity index (χ1n) is 12.2. The molecule has 2 aromatic carbocycles. The highest BCUT2D eigenvalue weighted by Gasteiger charge is 2.42. The van der Waals surface area contributed by atoms with Crippen molar-refractivity contribution < 1.29 is 14.3 Å². The summed E-state index contributed by atoms with van der Waals surface area (Å²) in [6.45, 7) is 10.2. The molecule has 0 bridgehead atoms. The first-order chi connectivity index (χ1) is 17.2. The Morgan fingerprint density at radius 3 is 2.53 bits per heavy atom. The van der Waals surface area contributed by atoms with Crippen LogP contribution in [-0.2, 0) is 20.9 Å². The molecule has 0 N–H and O–H groups in total. The SMILES string of the molecule is CC1=C(C(=O)OC(C)C)[C@@H](c2cc(C)ccc2C)N2C(CC(=O)N(C)Cc3ccccc3)=CSC2=N1. The van der Waals surface area contributed by atoms with Gasteiger partial charge >= 0.3 is 5.97 Å². The number of allylic oxidation sites excluding steroid dienone is 1. The second-order valence-electron chi connectivity index (χ2n) is 9.62. The fourth-order valence-electron chi connectivity index (χ4n) is 4.49. The van der Waals surface area contributed by atoms with E-state index in [4.69, 9.17) is 9.73 Å². The number of aryl methyl sites for hydroxylation is 2. The Morgan fingerprint density at radius 1 is 1.11 bits per heavy atom. The maximum atomic E-state index is 13.4. The van der Waals surface area contributed by atoms with E-state index in [0.717, 1.165) is 33.1 Å². The van der Waals surface area contributed by atoms with Gasteiger partial charge in [0, 0.05) is 19.3 Å². The molecule has 188 valence electrons. The maximum Gasteiger partial charge on any atom is 0.338 e. The number of hydrogen-bond acceptors (Lipinski definition) is 6. The molecule has 7 heteroatoms. The van der Waals surface area contributed by atoms with Crippen LogP contribution in [0.2, 0.25) is 0 Å². The molecule has 1 amide bonds. The molecule has 0 spiro atoms. The van der Waals surface area contributed by atoms with Gasteiger partial charge in [-0.25, -0.2) is 9.79 Å². The Balaban J connectivity index is 1.68. The Morgan fingerprint density at radius 2 is 1.83 bits per heavy atom. The van der Waals surface area contributed by atoms with Gasteiger partial charge in [0.05, 0.1) is 29.8 Å². The molecule has 6 nitrogen and oxygen atoms in total. The minimum Gasteiger partial charge on any atom is -0.459 e. The summed E-state index contributed by atoms with van der Waals surface area (Å²) in [7, 11) is 1.82. The van der Waals surface area contributed by atoms with Crippen LogP contribution in [0.4, 0.5) is 0 Å². The smallest absolute Gasteiger partial charge is 0.338 e. The lowest BCUT2D eigenvalue weighted by atomic mass is 9.90. The molecule has 2 heterocycles. The topological polar surface area (TPSA) is 62.2 Å². The van der Waals surface area contributed by atoms with Crippen LogP contribution in [0.25, 0.3) is 0 Å². The molecule has 0 saturated heterocycles. The molecule has 4 rings (SSSR count). The van der Waals surface area contributed by atoms with E-state index >= 15 is 0 Å². The lowest BCUT2D eigenvalue weighted by molar-refractivity contribution is -0.143. The molecule has 0 aromatic heterocycles.